The zero-order valence-electron chi connectivity index (χ0n) is 14.9. The second-order valence-corrected chi connectivity index (χ2v) is 7.80. The molecule has 1 aromatic carbocycles. The van der Waals surface area contributed by atoms with Gasteiger partial charge in [0.2, 0.25) is 10.0 Å². The van der Waals surface area contributed by atoms with Gasteiger partial charge in [0.15, 0.2) is 5.82 Å². The number of methoxy groups -OCH3 is 1. The number of aromatic nitrogens is 3. The van der Waals surface area contributed by atoms with Crippen molar-refractivity contribution in [2.24, 2.45) is 0 Å². The SMILES string of the molecule is COc1cc(S(=O)(=O)N[C@H](C)c2nncn2C(C)C)c(C)cc1C. The van der Waals surface area contributed by atoms with E-state index < -0.39 is 16.1 Å². The van der Waals surface area contributed by atoms with Crippen LogP contribution in [0.3, 0.4) is 0 Å². The summed E-state index contributed by atoms with van der Waals surface area (Å²) in [5, 5.41) is 7.93. The first-order valence-corrected chi connectivity index (χ1v) is 9.22. The summed E-state index contributed by atoms with van der Waals surface area (Å²) in [5.41, 5.74) is 1.56. The van der Waals surface area contributed by atoms with Crippen LogP contribution in [0.1, 0.15) is 49.8 Å². The van der Waals surface area contributed by atoms with E-state index in [9.17, 15) is 8.42 Å². The van der Waals surface area contributed by atoms with Gasteiger partial charge in [-0.25, -0.2) is 13.1 Å². The Morgan fingerprint density at radius 2 is 1.83 bits per heavy atom. The van der Waals surface area contributed by atoms with Crippen molar-refractivity contribution in [1.82, 2.24) is 19.5 Å². The number of aryl methyl sites for hydroxylation is 2. The third-order valence-electron chi connectivity index (χ3n) is 3.86. The molecule has 0 saturated heterocycles. The molecular formula is C16H24N4O3S. The number of hydrogen-bond acceptors (Lipinski definition) is 5. The minimum Gasteiger partial charge on any atom is -0.496 e. The van der Waals surface area contributed by atoms with Crippen LogP contribution in [0.4, 0.5) is 0 Å². The van der Waals surface area contributed by atoms with E-state index in [0.717, 1.165) is 5.56 Å². The predicted octanol–water partition coefficient (Wildman–Crippen LogP) is 2.52. The molecule has 0 saturated carbocycles. The summed E-state index contributed by atoms with van der Waals surface area (Å²) >= 11 is 0. The molecule has 1 heterocycles. The summed E-state index contributed by atoms with van der Waals surface area (Å²) in [5.74, 6) is 1.12. The normalized spacial score (nSPS) is 13.3. The Morgan fingerprint density at radius 3 is 2.42 bits per heavy atom. The van der Waals surface area contributed by atoms with Crippen LogP contribution in [0.25, 0.3) is 0 Å². The minimum atomic E-state index is -3.72. The number of hydrogen-bond donors (Lipinski definition) is 1. The Kier molecular flexibility index (Phi) is 5.29. The summed E-state index contributed by atoms with van der Waals surface area (Å²) in [6.07, 6.45) is 1.60. The Balaban J connectivity index is 2.36. The molecule has 0 aliphatic carbocycles. The van der Waals surface area contributed by atoms with Gasteiger partial charge in [0, 0.05) is 12.1 Å². The average molecular weight is 352 g/mol. The molecule has 132 valence electrons. The van der Waals surface area contributed by atoms with Crippen LogP contribution in [0.15, 0.2) is 23.4 Å². The zero-order chi connectivity index (χ0) is 18.1. The van der Waals surface area contributed by atoms with Gasteiger partial charge < -0.3 is 9.30 Å². The Bertz CT molecular complexity index is 828. The molecule has 0 spiro atoms. The van der Waals surface area contributed by atoms with Crippen LogP contribution in [0.2, 0.25) is 0 Å². The van der Waals surface area contributed by atoms with Crippen LogP contribution < -0.4 is 9.46 Å². The zero-order valence-corrected chi connectivity index (χ0v) is 15.7. The number of benzene rings is 1. The molecule has 1 N–H and O–H groups in total. The first-order chi connectivity index (χ1) is 11.2. The van der Waals surface area contributed by atoms with E-state index in [-0.39, 0.29) is 10.9 Å². The highest BCUT2D eigenvalue weighted by atomic mass is 32.2. The van der Waals surface area contributed by atoms with E-state index in [4.69, 9.17) is 4.74 Å². The molecule has 0 radical (unpaired) electrons. The highest BCUT2D eigenvalue weighted by Gasteiger charge is 2.24. The molecule has 7 nitrogen and oxygen atoms in total. The van der Waals surface area contributed by atoms with Crippen molar-refractivity contribution in [3.63, 3.8) is 0 Å². The van der Waals surface area contributed by atoms with Gasteiger partial charge in [0.25, 0.3) is 0 Å². The van der Waals surface area contributed by atoms with Gasteiger partial charge in [0.05, 0.1) is 18.0 Å². The molecule has 0 bridgehead atoms. The van der Waals surface area contributed by atoms with E-state index >= 15 is 0 Å². The quantitative estimate of drug-likeness (QED) is 0.863. The van der Waals surface area contributed by atoms with Crippen molar-refractivity contribution in [2.75, 3.05) is 7.11 Å². The first kappa shape index (κ1) is 18.4. The lowest BCUT2D eigenvalue weighted by Gasteiger charge is -2.18. The highest BCUT2D eigenvalue weighted by Crippen LogP contribution is 2.27. The lowest BCUT2D eigenvalue weighted by Crippen LogP contribution is -2.29. The van der Waals surface area contributed by atoms with Crippen molar-refractivity contribution in [2.45, 2.75) is 51.6 Å². The van der Waals surface area contributed by atoms with E-state index in [1.807, 2.05) is 25.3 Å². The number of rotatable bonds is 6. The molecule has 2 rings (SSSR count). The van der Waals surface area contributed by atoms with Gasteiger partial charge in [-0.05, 0) is 45.7 Å². The van der Waals surface area contributed by atoms with Crippen molar-refractivity contribution in [3.05, 3.63) is 35.4 Å². The second-order valence-electron chi connectivity index (χ2n) is 6.12. The van der Waals surface area contributed by atoms with Crippen LogP contribution in [-0.4, -0.2) is 30.3 Å². The van der Waals surface area contributed by atoms with E-state index in [2.05, 4.69) is 14.9 Å². The lowest BCUT2D eigenvalue weighted by molar-refractivity contribution is 0.410. The number of ether oxygens (including phenoxy) is 1. The summed E-state index contributed by atoms with van der Waals surface area (Å²) in [6, 6.07) is 2.98. The van der Waals surface area contributed by atoms with Gasteiger partial charge in [0.1, 0.15) is 12.1 Å². The fourth-order valence-corrected chi connectivity index (χ4v) is 4.07. The topological polar surface area (TPSA) is 86.1 Å². The monoisotopic (exact) mass is 352 g/mol. The Labute approximate surface area is 143 Å². The lowest BCUT2D eigenvalue weighted by atomic mass is 10.1. The van der Waals surface area contributed by atoms with Crippen molar-refractivity contribution in [3.8, 4) is 5.75 Å². The summed E-state index contributed by atoms with van der Waals surface area (Å²) in [6.45, 7) is 9.37. The minimum absolute atomic E-state index is 0.142. The third kappa shape index (κ3) is 3.59. The molecule has 8 heteroatoms. The molecule has 2 aromatic rings. The van der Waals surface area contributed by atoms with Gasteiger partial charge >= 0.3 is 0 Å². The number of nitrogens with one attached hydrogen (secondary N) is 1. The molecule has 0 aliphatic rings. The molecule has 1 aromatic heterocycles. The van der Waals surface area contributed by atoms with E-state index in [1.165, 1.54) is 7.11 Å². The summed E-state index contributed by atoms with van der Waals surface area (Å²) < 4.78 is 35.4. The molecule has 24 heavy (non-hydrogen) atoms. The number of sulfonamides is 1. The maximum absolute atomic E-state index is 12.8. The van der Waals surface area contributed by atoms with Gasteiger partial charge in [-0.15, -0.1) is 10.2 Å². The van der Waals surface area contributed by atoms with E-state index in [0.29, 0.717) is 17.1 Å². The standard InChI is InChI=1S/C16H24N4O3S/c1-10(2)20-9-17-18-16(20)13(5)19-24(21,22)15-8-14(23-6)11(3)7-12(15)4/h7-10,13,19H,1-6H3/t13-/m1/s1. The van der Waals surface area contributed by atoms with Crippen LogP contribution in [0, 0.1) is 13.8 Å². The average Bonchev–Trinajstić information content (AvgIpc) is 2.96. The second kappa shape index (κ2) is 6.90. The fraction of sp³-hybridized carbons (Fsp3) is 0.500. The summed E-state index contributed by atoms with van der Waals surface area (Å²) in [7, 11) is -2.20. The Morgan fingerprint density at radius 1 is 1.17 bits per heavy atom. The molecule has 1 atom stereocenters. The molecule has 0 unspecified atom stereocenters. The van der Waals surface area contributed by atoms with Crippen molar-refractivity contribution in [1.29, 1.82) is 0 Å². The molecule has 0 fully saturated rings. The first-order valence-electron chi connectivity index (χ1n) is 7.74. The maximum atomic E-state index is 12.8. The predicted molar refractivity (Wildman–Crippen MR) is 91.6 cm³/mol. The van der Waals surface area contributed by atoms with Crippen LogP contribution in [0.5, 0.6) is 5.75 Å². The van der Waals surface area contributed by atoms with Crippen molar-refractivity contribution >= 4 is 10.0 Å². The third-order valence-corrected chi connectivity index (χ3v) is 5.54. The fourth-order valence-electron chi connectivity index (χ4n) is 2.63. The van der Waals surface area contributed by atoms with Gasteiger partial charge in [-0.3, -0.25) is 0 Å². The van der Waals surface area contributed by atoms with E-state index in [1.54, 1.807) is 32.3 Å². The Hall–Kier alpha value is -1.93. The van der Waals surface area contributed by atoms with Crippen molar-refractivity contribution < 1.29 is 13.2 Å². The van der Waals surface area contributed by atoms with Gasteiger partial charge in [-0.2, -0.15) is 0 Å². The largest absolute Gasteiger partial charge is 0.496 e. The molecular weight excluding hydrogens is 328 g/mol. The van der Waals surface area contributed by atoms with Crippen LogP contribution in [-0.2, 0) is 10.0 Å². The van der Waals surface area contributed by atoms with Crippen LogP contribution >= 0.6 is 0 Å². The smallest absolute Gasteiger partial charge is 0.241 e. The number of nitrogens with zero attached hydrogens (tertiary/aromatic N) is 3. The maximum Gasteiger partial charge on any atom is 0.241 e. The van der Waals surface area contributed by atoms with Gasteiger partial charge in [-0.1, -0.05) is 6.07 Å². The molecule has 0 aliphatic heterocycles. The molecule has 0 amide bonds. The highest BCUT2D eigenvalue weighted by molar-refractivity contribution is 7.89. The summed E-state index contributed by atoms with van der Waals surface area (Å²) in [4.78, 5) is 0.201.